The van der Waals surface area contributed by atoms with Gasteiger partial charge in [0.25, 0.3) is 5.91 Å². The molecule has 4 rings (SSSR count). The number of hydrogen-bond donors (Lipinski definition) is 3. The van der Waals surface area contributed by atoms with Crippen LogP contribution in [0.2, 0.25) is 5.02 Å². The number of carboxylic acids is 1. The van der Waals surface area contributed by atoms with Crippen molar-refractivity contribution in [2.24, 2.45) is 0 Å². The van der Waals surface area contributed by atoms with Gasteiger partial charge in [-0.1, -0.05) is 35.9 Å². The molecule has 4 aromatic rings. The summed E-state index contributed by atoms with van der Waals surface area (Å²) in [7, 11) is 0. The normalized spacial score (nSPS) is 11.7. The summed E-state index contributed by atoms with van der Waals surface area (Å²) in [6.45, 7) is 1.20. The van der Waals surface area contributed by atoms with Crippen LogP contribution in [0.25, 0.3) is 22.3 Å². The number of carboxylic acid groups (broad SMARTS) is 1. The van der Waals surface area contributed by atoms with Gasteiger partial charge in [0.2, 0.25) is 0 Å². The smallest absolute Gasteiger partial charge is 0.416 e. The predicted molar refractivity (Wildman–Crippen MR) is 153 cm³/mol. The topological polar surface area (TPSA) is 91.3 Å². The molecule has 0 aliphatic carbocycles. The number of amides is 1. The van der Waals surface area contributed by atoms with Crippen LogP contribution < -0.4 is 10.6 Å². The maximum absolute atomic E-state index is 14.2. The Kier molecular flexibility index (Phi) is 9.53. The molecule has 13 heteroatoms. The first-order valence-electron chi connectivity index (χ1n) is 13.0. The molecule has 0 radical (unpaired) electrons. The summed E-state index contributed by atoms with van der Waals surface area (Å²) in [5.74, 6) is -1.90. The van der Waals surface area contributed by atoms with E-state index in [2.05, 4.69) is 15.6 Å². The van der Waals surface area contributed by atoms with Crippen LogP contribution in [0.15, 0.2) is 72.9 Å². The van der Waals surface area contributed by atoms with E-state index >= 15 is 0 Å². The fourth-order valence-electron chi connectivity index (χ4n) is 4.51. The maximum atomic E-state index is 14.2. The number of rotatable bonds is 9. The minimum Gasteiger partial charge on any atom is -0.481 e. The number of pyridine rings is 1. The van der Waals surface area contributed by atoms with Crippen molar-refractivity contribution in [3.8, 4) is 22.3 Å². The van der Waals surface area contributed by atoms with Crippen molar-refractivity contribution in [1.29, 1.82) is 0 Å². The largest absolute Gasteiger partial charge is 0.481 e. The van der Waals surface area contributed by atoms with E-state index in [0.717, 1.165) is 29.0 Å². The minimum atomic E-state index is -5.12. The Hall–Kier alpha value is -4.58. The van der Waals surface area contributed by atoms with E-state index in [9.17, 15) is 35.9 Å². The van der Waals surface area contributed by atoms with Gasteiger partial charge < -0.3 is 15.7 Å². The molecular formula is C31H24ClF6N3O3. The quantitative estimate of drug-likeness (QED) is 0.161. The van der Waals surface area contributed by atoms with Crippen molar-refractivity contribution in [2.45, 2.75) is 32.2 Å². The molecule has 0 saturated carbocycles. The summed E-state index contributed by atoms with van der Waals surface area (Å²) >= 11 is 6.02. The van der Waals surface area contributed by atoms with Gasteiger partial charge in [0.05, 0.1) is 17.5 Å². The number of hydrogen-bond acceptors (Lipinski definition) is 4. The molecule has 44 heavy (non-hydrogen) atoms. The Morgan fingerprint density at radius 1 is 0.864 bits per heavy atom. The number of aromatic nitrogens is 1. The lowest BCUT2D eigenvalue weighted by Gasteiger charge is -2.21. The zero-order chi connectivity index (χ0) is 32.2. The predicted octanol–water partition coefficient (Wildman–Crippen LogP) is 8.23. The van der Waals surface area contributed by atoms with Crippen LogP contribution in [0.1, 0.15) is 39.2 Å². The fraction of sp³-hybridized carbons (Fsp3) is 0.194. The van der Waals surface area contributed by atoms with Crippen LogP contribution in [0.4, 0.5) is 32.0 Å². The summed E-state index contributed by atoms with van der Waals surface area (Å²) in [5, 5.41) is 14.5. The molecule has 0 unspecified atom stereocenters. The van der Waals surface area contributed by atoms with Crippen LogP contribution in [0.5, 0.6) is 0 Å². The molecular weight excluding hydrogens is 612 g/mol. The molecule has 0 saturated heterocycles. The molecule has 0 spiro atoms. The Labute approximate surface area is 252 Å². The third kappa shape index (κ3) is 7.87. The summed E-state index contributed by atoms with van der Waals surface area (Å²) < 4.78 is 83.6. The molecule has 0 aliphatic heterocycles. The summed E-state index contributed by atoms with van der Waals surface area (Å²) in [6, 6.07) is 15.1. The molecule has 3 N–H and O–H groups in total. The van der Waals surface area contributed by atoms with Gasteiger partial charge >= 0.3 is 18.3 Å². The monoisotopic (exact) mass is 635 g/mol. The molecule has 0 atom stereocenters. The van der Waals surface area contributed by atoms with Gasteiger partial charge in [-0.15, -0.1) is 0 Å². The van der Waals surface area contributed by atoms with Crippen molar-refractivity contribution in [3.05, 3.63) is 106 Å². The Morgan fingerprint density at radius 2 is 1.55 bits per heavy atom. The first kappa shape index (κ1) is 32.3. The molecule has 1 amide bonds. The van der Waals surface area contributed by atoms with Gasteiger partial charge in [-0.25, -0.2) is 0 Å². The summed E-state index contributed by atoms with van der Waals surface area (Å²) in [5.41, 5.74) is -1.02. The maximum Gasteiger partial charge on any atom is 0.416 e. The second-order valence-corrected chi connectivity index (χ2v) is 10.2. The van der Waals surface area contributed by atoms with Crippen molar-refractivity contribution in [1.82, 2.24) is 10.3 Å². The molecule has 1 heterocycles. The third-order valence-corrected chi connectivity index (χ3v) is 6.90. The van der Waals surface area contributed by atoms with Gasteiger partial charge in [0.1, 0.15) is 5.69 Å². The second kappa shape index (κ2) is 13.0. The summed E-state index contributed by atoms with van der Waals surface area (Å²) in [6.07, 6.45) is -9.56. The highest BCUT2D eigenvalue weighted by Crippen LogP contribution is 2.42. The number of nitrogens with one attached hydrogen (secondary N) is 2. The molecule has 0 fully saturated rings. The highest BCUT2D eigenvalue weighted by Gasteiger charge is 2.39. The molecule has 230 valence electrons. The Balaban J connectivity index is 1.69. The van der Waals surface area contributed by atoms with E-state index < -0.39 is 47.5 Å². The number of carbonyl (C=O) groups excluding carboxylic acids is 1. The van der Waals surface area contributed by atoms with Crippen molar-refractivity contribution >= 4 is 29.2 Å². The number of halogens is 7. The van der Waals surface area contributed by atoms with Crippen molar-refractivity contribution < 1.29 is 41.0 Å². The zero-order valence-corrected chi connectivity index (χ0v) is 23.7. The number of anilines is 1. The van der Waals surface area contributed by atoms with E-state index in [1.54, 1.807) is 36.4 Å². The van der Waals surface area contributed by atoms with Gasteiger partial charge in [-0.2, -0.15) is 26.3 Å². The van der Waals surface area contributed by atoms with Crippen LogP contribution in [-0.4, -0.2) is 28.5 Å². The Bertz CT molecular complexity index is 1670. The van der Waals surface area contributed by atoms with Crippen LogP contribution in [-0.2, 0) is 23.7 Å². The van der Waals surface area contributed by atoms with Crippen LogP contribution in [0.3, 0.4) is 0 Å². The highest BCUT2D eigenvalue weighted by atomic mass is 35.5. The average molecular weight is 636 g/mol. The number of nitrogens with zero attached hydrogens (tertiary/aromatic N) is 1. The molecule has 0 bridgehead atoms. The van der Waals surface area contributed by atoms with Crippen LogP contribution in [0, 0.1) is 6.92 Å². The SMILES string of the molecule is Cc1cc(Cl)ccc1-c1ccc(NCc2c(-c3ccc(C(=O)NCCC(=O)O)nc3)cc(C(F)(F)F)cc2C(F)(F)F)cc1. The number of aliphatic carboxylic acids is 1. The lowest BCUT2D eigenvalue weighted by molar-refractivity contribution is -0.143. The molecule has 3 aromatic carbocycles. The first-order chi connectivity index (χ1) is 20.6. The fourth-order valence-corrected chi connectivity index (χ4v) is 4.73. The number of carbonyl (C=O) groups is 2. The van der Waals surface area contributed by atoms with Gasteiger partial charge in [0, 0.05) is 35.6 Å². The van der Waals surface area contributed by atoms with E-state index in [-0.39, 0.29) is 35.9 Å². The van der Waals surface area contributed by atoms with E-state index in [1.807, 2.05) is 13.0 Å². The standard InChI is InChI=1S/C31H24ClF6N3O3/c1-17-12-21(32)5-8-23(17)18-2-6-22(7-3-18)40-16-25-24(13-20(30(33,34)35)14-26(25)31(36,37)38)19-4-9-27(41-15-19)29(44)39-11-10-28(42)43/h2-9,12-15,40H,10-11,16H2,1H3,(H,39,44)(H,42,43). The lowest BCUT2D eigenvalue weighted by Crippen LogP contribution is -2.26. The second-order valence-electron chi connectivity index (χ2n) is 9.77. The summed E-state index contributed by atoms with van der Waals surface area (Å²) in [4.78, 5) is 26.8. The number of alkyl halides is 6. The van der Waals surface area contributed by atoms with Gasteiger partial charge in [0.15, 0.2) is 0 Å². The zero-order valence-electron chi connectivity index (χ0n) is 22.9. The van der Waals surface area contributed by atoms with Crippen LogP contribution >= 0.6 is 11.6 Å². The third-order valence-electron chi connectivity index (χ3n) is 6.67. The van der Waals surface area contributed by atoms with Gasteiger partial charge in [-0.05, 0) is 77.2 Å². The average Bonchev–Trinajstić information content (AvgIpc) is 2.95. The van der Waals surface area contributed by atoms with E-state index in [1.165, 1.54) is 6.07 Å². The highest BCUT2D eigenvalue weighted by molar-refractivity contribution is 6.30. The van der Waals surface area contributed by atoms with Crippen molar-refractivity contribution in [2.75, 3.05) is 11.9 Å². The van der Waals surface area contributed by atoms with Crippen molar-refractivity contribution in [3.63, 3.8) is 0 Å². The lowest BCUT2D eigenvalue weighted by atomic mass is 9.92. The van der Waals surface area contributed by atoms with Gasteiger partial charge in [-0.3, -0.25) is 14.6 Å². The van der Waals surface area contributed by atoms with E-state index in [0.29, 0.717) is 16.8 Å². The Morgan fingerprint density at radius 3 is 2.11 bits per heavy atom. The molecule has 6 nitrogen and oxygen atoms in total. The molecule has 0 aliphatic rings. The van der Waals surface area contributed by atoms with E-state index in [4.69, 9.17) is 16.7 Å². The number of benzene rings is 3. The minimum absolute atomic E-state index is 0.0740. The first-order valence-corrected chi connectivity index (χ1v) is 13.4. The number of aryl methyl sites for hydroxylation is 1. The molecule has 1 aromatic heterocycles.